The van der Waals surface area contributed by atoms with Crippen LogP contribution in [0, 0.1) is 0 Å². The van der Waals surface area contributed by atoms with Crippen molar-refractivity contribution in [2.24, 2.45) is 5.10 Å². The van der Waals surface area contributed by atoms with Crippen LogP contribution in [0.4, 0.5) is 5.69 Å². The quantitative estimate of drug-likeness (QED) is 0.563. The number of sulfonamides is 1. The minimum atomic E-state index is -3.97. The highest BCUT2D eigenvalue weighted by Crippen LogP contribution is 2.35. The number of hydrazone groups is 1. The summed E-state index contributed by atoms with van der Waals surface area (Å²) in [4.78, 5) is 16.2. The topological polar surface area (TPSA) is 101 Å². The van der Waals surface area contributed by atoms with E-state index in [0.717, 1.165) is 5.56 Å². The molecule has 1 amide bonds. The fourth-order valence-corrected chi connectivity index (χ4v) is 4.98. The van der Waals surface area contributed by atoms with Gasteiger partial charge in [-0.1, -0.05) is 23.7 Å². The zero-order valence-corrected chi connectivity index (χ0v) is 19.5. The summed E-state index contributed by atoms with van der Waals surface area (Å²) in [5.74, 6) is -0.0315. The molecular weight excluding hydrogens is 464 g/mol. The largest absolute Gasteiger partial charge is 0.495 e. The molecule has 1 atom stereocenters. The summed E-state index contributed by atoms with van der Waals surface area (Å²) in [6, 6.07) is 14.9. The lowest BCUT2D eigenvalue weighted by Crippen LogP contribution is -2.24. The third-order valence-electron chi connectivity index (χ3n) is 5.19. The van der Waals surface area contributed by atoms with E-state index in [9.17, 15) is 13.2 Å². The fraction of sp³-hybridized carbons (Fsp3) is 0.174. The average molecular weight is 485 g/mol. The zero-order chi connectivity index (χ0) is 23.6. The van der Waals surface area contributed by atoms with Crippen molar-refractivity contribution in [3.05, 3.63) is 83.1 Å². The van der Waals surface area contributed by atoms with E-state index >= 15 is 0 Å². The summed E-state index contributed by atoms with van der Waals surface area (Å²) in [5.41, 5.74) is 2.37. The van der Waals surface area contributed by atoms with Crippen molar-refractivity contribution in [2.45, 2.75) is 24.3 Å². The van der Waals surface area contributed by atoms with Gasteiger partial charge in [0, 0.05) is 24.6 Å². The molecule has 2 aromatic carbocycles. The molecule has 4 rings (SSSR count). The third-order valence-corrected chi connectivity index (χ3v) is 6.84. The second kappa shape index (κ2) is 9.21. The number of anilines is 1. The Kier molecular flexibility index (Phi) is 6.35. The summed E-state index contributed by atoms with van der Waals surface area (Å²) < 4.78 is 34.0. The van der Waals surface area contributed by atoms with Gasteiger partial charge in [-0.15, -0.1) is 0 Å². The number of nitrogens with zero attached hydrogens (tertiary/aromatic N) is 3. The van der Waals surface area contributed by atoms with Gasteiger partial charge in [-0.25, -0.2) is 13.4 Å². The molecule has 3 aromatic rings. The van der Waals surface area contributed by atoms with Crippen molar-refractivity contribution >= 4 is 38.9 Å². The number of carbonyl (C=O) groups excluding carboxylic acids is 1. The molecule has 8 nitrogen and oxygen atoms in total. The SMILES string of the molecule is COc1ccc(C2=NN(C(C)=O)C(c3ccc(Cl)cc3)C2)cc1S(=O)(=O)Nc1cccnc1. The first-order valence-electron chi connectivity index (χ1n) is 10.0. The van der Waals surface area contributed by atoms with Gasteiger partial charge in [-0.3, -0.25) is 14.5 Å². The molecule has 0 saturated carbocycles. The molecule has 33 heavy (non-hydrogen) atoms. The predicted molar refractivity (Wildman–Crippen MR) is 126 cm³/mol. The van der Waals surface area contributed by atoms with Gasteiger partial charge >= 0.3 is 0 Å². The monoisotopic (exact) mass is 484 g/mol. The first kappa shape index (κ1) is 22.8. The highest BCUT2D eigenvalue weighted by atomic mass is 35.5. The standard InChI is InChI=1S/C23H21ClN4O4S/c1-15(29)28-21(16-5-8-18(24)9-6-16)13-20(26-28)17-7-10-22(32-2)23(12-17)33(30,31)27-19-4-3-11-25-14-19/h3-12,14,21,27H,13H2,1-2H3. The number of benzene rings is 2. The summed E-state index contributed by atoms with van der Waals surface area (Å²) in [7, 11) is -2.57. The highest BCUT2D eigenvalue weighted by molar-refractivity contribution is 7.92. The van der Waals surface area contributed by atoms with E-state index < -0.39 is 10.0 Å². The molecule has 0 bridgehead atoms. The number of amides is 1. The molecule has 2 heterocycles. The molecule has 1 unspecified atom stereocenters. The Bertz CT molecular complexity index is 1310. The number of rotatable bonds is 6. The van der Waals surface area contributed by atoms with E-state index in [4.69, 9.17) is 16.3 Å². The molecule has 0 fully saturated rings. The summed E-state index contributed by atoms with van der Waals surface area (Å²) in [6.07, 6.45) is 3.38. The molecule has 1 aliphatic rings. The Hall–Kier alpha value is -3.43. The number of hydrogen-bond acceptors (Lipinski definition) is 6. The van der Waals surface area contributed by atoms with Crippen molar-refractivity contribution in [1.29, 1.82) is 0 Å². The number of carbonyl (C=O) groups is 1. The average Bonchev–Trinajstić information content (AvgIpc) is 3.25. The lowest BCUT2D eigenvalue weighted by molar-refractivity contribution is -0.130. The number of aromatic nitrogens is 1. The molecule has 170 valence electrons. The maximum absolute atomic E-state index is 13.1. The van der Waals surface area contributed by atoms with Crippen LogP contribution in [0.15, 0.2) is 77.0 Å². The number of hydrogen-bond donors (Lipinski definition) is 1. The van der Waals surface area contributed by atoms with Gasteiger partial charge in [0.25, 0.3) is 10.0 Å². The van der Waals surface area contributed by atoms with Crippen molar-refractivity contribution in [2.75, 3.05) is 11.8 Å². The number of nitrogens with one attached hydrogen (secondary N) is 1. The Labute approximate surface area is 196 Å². The van der Waals surface area contributed by atoms with Crippen LogP contribution in [0.25, 0.3) is 0 Å². The van der Waals surface area contributed by atoms with Crippen LogP contribution in [0.3, 0.4) is 0 Å². The predicted octanol–water partition coefficient (Wildman–Crippen LogP) is 4.24. The maximum Gasteiger partial charge on any atom is 0.265 e. The highest BCUT2D eigenvalue weighted by Gasteiger charge is 2.32. The minimum absolute atomic E-state index is 0.0432. The van der Waals surface area contributed by atoms with E-state index in [0.29, 0.717) is 28.4 Å². The van der Waals surface area contributed by atoms with Gasteiger partial charge in [0.05, 0.1) is 30.7 Å². The van der Waals surface area contributed by atoms with Crippen molar-refractivity contribution < 1.29 is 17.9 Å². The first-order valence-corrected chi connectivity index (χ1v) is 11.9. The van der Waals surface area contributed by atoms with Crippen molar-refractivity contribution in [3.8, 4) is 5.75 Å². The van der Waals surface area contributed by atoms with E-state index in [1.54, 1.807) is 42.6 Å². The second-order valence-corrected chi connectivity index (χ2v) is 9.48. The molecule has 1 aromatic heterocycles. The molecule has 0 saturated heterocycles. The zero-order valence-electron chi connectivity index (χ0n) is 17.9. The number of ether oxygens (including phenoxy) is 1. The van der Waals surface area contributed by atoms with Crippen LogP contribution in [0.1, 0.15) is 30.5 Å². The molecule has 0 aliphatic carbocycles. The fourth-order valence-electron chi connectivity index (χ4n) is 3.62. The van der Waals surface area contributed by atoms with E-state index in [-0.39, 0.29) is 22.6 Å². The van der Waals surface area contributed by atoms with E-state index in [2.05, 4.69) is 14.8 Å². The molecular formula is C23H21ClN4O4S. The van der Waals surface area contributed by atoms with Crippen LogP contribution >= 0.6 is 11.6 Å². The van der Waals surface area contributed by atoms with Gasteiger partial charge in [-0.05, 0) is 53.6 Å². The lowest BCUT2D eigenvalue weighted by atomic mass is 9.98. The van der Waals surface area contributed by atoms with Crippen molar-refractivity contribution in [3.63, 3.8) is 0 Å². The van der Waals surface area contributed by atoms with Crippen molar-refractivity contribution in [1.82, 2.24) is 9.99 Å². The molecule has 0 spiro atoms. The number of halogens is 1. The minimum Gasteiger partial charge on any atom is -0.495 e. The lowest BCUT2D eigenvalue weighted by Gasteiger charge is -2.20. The normalized spacial score (nSPS) is 15.8. The van der Waals surface area contributed by atoms with Crippen LogP contribution in [0.2, 0.25) is 5.02 Å². The Morgan fingerprint density at radius 2 is 1.94 bits per heavy atom. The summed E-state index contributed by atoms with van der Waals surface area (Å²) in [5, 5.41) is 6.51. The van der Waals surface area contributed by atoms with Crippen LogP contribution in [-0.2, 0) is 14.8 Å². The number of pyridine rings is 1. The molecule has 0 radical (unpaired) electrons. The maximum atomic E-state index is 13.1. The van der Waals surface area contributed by atoms with Crippen LogP contribution in [0.5, 0.6) is 5.75 Å². The number of methoxy groups -OCH3 is 1. The van der Waals surface area contributed by atoms with E-state index in [1.165, 1.54) is 31.3 Å². The Morgan fingerprint density at radius 1 is 1.18 bits per heavy atom. The van der Waals surface area contributed by atoms with Gasteiger partial charge in [-0.2, -0.15) is 5.10 Å². The van der Waals surface area contributed by atoms with Crippen LogP contribution in [-0.4, -0.2) is 37.1 Å². The molecule has 10 heteroatoms. The third kappa shape index (κ3) is 4.84. The second-order valence-electron chi connectivity index (χ2n) is 7.39. The Morgan fingerprint density at radius 3 is 2.58 bits per heavy atom. The van der Waals surface area contributed by atoms with Gasteiger partial charge < -0.3 is 4.74 Å². The van der Waals surface area contributed by atoms with E-state index in [1.807, 2.05) is 12.1 Å². The van der Waals surface area contributed by atoms with Gasteiger partial charge in [0.1, 0.15) is 10.6 Å². The van der Waals surface area contributed by atoms with Crippen LogP contribution < -0.4 is 9.46 Å². The van der Waals surface area contributed by atoms with Gasteiger partial charge in [0.15, 0.2) is 0 Å². The summed E-state index contributed by atoms with van der Waals surface area (Å²) in [6.45, 7) is 1.44. The molecule has 1 N–H and O–H groups in total. The van der Waals surface area contributed by atoms with Gasteiger partial charge in [0.2, 0.25) is 5.91 Å². The summed E-state index contributed by atoms with van der Waals surface area (Å²) >= 11 is 6.00. The Balaban J connectivity index is 1.70. The first-order chi connectivity index (χ1) is 15.8. The molecule has 1 aliphatic heterocycles. The smallest absolute Gasteiger partial charge is 0.265 e.